The Kier molecular flexibility index (Phi) is 8.25. The van der Waals surface area contributed by atoms with Gasteiger partial charge in [-0.05, 0) is 36.1 Å². The molecule has 4 rings (SSSR count). The highest BCUT2D eigenvalue weighted by Crippen LogP contribution is 2.22. The fourth-order valence-corrected chi connectivity index (χ4v) is 3.85. The van der Waals surface area contributed by atoms with Gasteiger partial charge in [-0.25, -0.2) is 0 Å². The molecule has 0 bridgehead atoms. The molecule has 162 valence electrons. The molecule has 0 aliphatic carbocycles. The van der Waals surface area contributed by atoms with Gasteiger partial charge < -0.3 is 14.2 Å². The summed E-state index contributed by atoms with van der Waals surface area (Å²) in [6.07, 6.45) is 1.49. The molecule has 1 saturated heterocycles. The van der Waals surface area contributed by atoms with Gasteiger partial charge in [-0.3, -0.25) is 5.32 Å². The third-order valence-corrected chi connectivity index (χ3v) is 5.54. The quantitative estimate of drug-likeness (QED) is 0.527. The van der Waals surface area contributed by atoms with Crippen molar-refractivity contribution in [1.29, 1.82) is 0 Å². The second-order valence-corrected chi connectivity index (χ2v) is 7.91. The van der Waals surface area contributed by atoms with Crippen molar-refractivity contribution in [2.45, 2.75) is 51.1 Å². The summed E-state index contributed by atoms with van der Waals surface area (Å²) in [5.74, 6) is 0. The number of nitrogens with one attached hydrogen (secondary N) is 1. The molecule has 0 radical (unpaired) electrons. The van der Waals surface area contributed by atoms with Crippen molar-refractivity contribution in [3.05, 3.63) is 108 Å². The van der Waals surface area contributed by atoms with E-state index in [2.05, 4.69) is 41.7 Å². The predicted molar refractivity (Wildman–Crippen MR) is 122 cm³/mol. The Hall–Kier alpha value is -2.50. The van der Waals surface area contributed by atoms with Crippen LogP contribution in [-0.4, -0.2) is 25.0 Å². The second kappa shape index (κ2) is 11.8. The van der Waals surface area contributed by atoms with Crippen LogP contribution in [0.2, 0.25) is 0 Å². The van der Waals surface area contributed by atoms with Gasteiger partial charge in [-0.2, -0.15) is 0 Å². The minimum Gasteiger partial charge on any atom is -0.371 e. The van der Waals surface area contributed by atoms with Gasteiger partial charge in [0, 0.05) is 0 Å². The normalized spacial score (nSPS) is 21.5. The van der Waals surface area contributed by atoms with Crippen molar-refractivity contribution < 1.29 is 14.2 Å². The molecule has 3 aromatic rings. The average molecular weight is 418 g/mol. The lowest BCUT2D eigenvalue weighted by Crippen LogP contribution is -2.48. The molecule has 3 unspecified atom stereocenters. The smallest absolute Gasteiger partial charge is 0.137 e. The predicted octanol–water partition coefficient (Wildman–Crippen LogP) is 5.08. The van der Waals surface area contributed by atoms with Crippen molar-refractivity contribution in [2.24, 2.45) is 0 Å². The minimum absolute atomic E-state index is 0.0420. The van der Waals surface area contributed by atoms with Crippen molar-refractivity contribution in [1.82, 2.24) is 5.32 Å². The number of benzene rings is 3. The van der Waals surface area contributed by atoms with Crippen LogP contribution in [0.4, 0.5) is 0 Å². The molecule has 4 nitrogen and oxygen atoms in total. The van der Waals surface area contributed by atoms with E-state index in [1.165, 1.54) is 5.56 Å². The van der Waals surface area contributed by atoms with Gasteiger partial charge in [0.05, 0.1) is 25.9 Å². The highest BCUT2D eigenvalue weighted by atomic mass is 16.6. The maximum Gasteiger partial charge on any atom is 0.137 e. The summed E-state index contributed by atoms with van der Waals surface area (Å²) in [7, 11) is 0. The van der Waals surface area contributed by atoms with E-state index in [1.54, 1.807) is 0 Å². The first kappa shape index (κ1) is 21.7. The maximum absolute atomic E-state index is 6.44. The third-order valence-electron chi connectivity index (χ3n) is 5.54. The summed E-state index contributed by atoms with van der Waals surface area (Å²) in [6.45, 7) is 2.52. The molecule has 1 N–H and O–H groups in total. The molecule has 31 heavy (non-hydrogen) atoms. The minimum atomic E-state index is -0.229. The van der Waals surface area contributed by atoms with Gasteiger partial charge in [-0.15, -0.1) is 0 Å². The molecule has 4 heteroatoms. The summed E-state index contributed by atoms with van der Waals surface area (Å²) >= 11 is 0. The molecule has 1 heterocycles. The van der Waals surface area contributed by atoms with Crippen molar-refractivity contribution in [3.8, 4) is 0 Å². The zero-order valence-electron chi connectivity index (χ0n) is 17.9. The number of hydrogen-bond donors (Lipinski definition) is 1. The summed E-state index contributed by atoms with van der Waals surface area (Å²) in [5.41, 5.74) is 3.47. The molecule has 1 fully saturated rings. The molecule has 1 aliphatic rings. The van der Waals surface area contributed by atoms with Gasteiger partial charge in [0.1, 0.15) is 12.3 Å². The molecule has 3 atom stereocenters. The Labute approximate surface area is 185 Å². The summed E-state index contributed by atoms with van der Waals surface area (Å²) in [4.78, 5) is 0. The topological polar surface area (TPSA) is 39.7 Å². The molecule has 3 aromatic carbocycles. The SMILES string of the molecule is c1ccc(COC2CCCNC(OCc3ccccc3)C2OCc2ccccc2)cc1. The van der Waals surface area contributed by atoms with Gasteiger partial charge in [0.15, 0.2) is 0 Å². The Bertz CT molecular complexity index is 819. The Morgan fingerprint density at radius 1 is 0.613 bits per heavy atom. The van der Waals surface area contributed by atoms with Crippen LogP contribution in [0, 0.1) is 0 Å². The molecule has 0 spiro atoms. The second-order valence-electron chi connectivity index (χ2n) is 7.91. The fourth-order valence-electron chi connectivity index (χ4n) is 3.85. The van der Waals surface area contributed by atoms with E-state index >= 15 is 0 Å². The van der Waals surface area contributed by atoms with Crippen LogP contribution < -0.4 is 5.32 Å². The Balaban J connectivity index is 1.46. The van der Waals surface area contributed by atoms with E-state index in [4.69, 9.17) is 14.2 Å². The van der Waals surface area contributed by atoms with Crippen molar-refractivity contribution >= 4 is 0 Å². The average Bonchev–Trinajstić information content (AvgIpc) is 3.03. The summed E-state index contributed by atoms with van der Waals surface area (Å²) in [6, 6.07) is 30.8. The molecular weight excluding hydrogens is 386 g/mol. The summed E-state index contributed by atoms with van der Waals surface area (Å²) < 4.78 is 19.1. The first-order chi connectivity index (χ1) is 15.4. The molecule has 0 saturated carbocycles. The number of ether oxygens (including phenoxy) is 3. The van der Waals surface area contributed by atoms with Crippen molar-refractivity contribution in [3.63, 3.8) is 0 Å². The largest absolute Gasteiger partial charge is 0.371 e. The Morgan fingerprint density at radius 3 is 1.65 bits per heavy atom. The molecule has 1 aliphatic heterocycles. The highest BCUT2D eigenvalue weighted by Gasteiger charge is 2.34. The Morgan fingerprint density at radius 2 is 1.10 bits per heavy atom. The van der Waals surface area contributed by atoms with E-state index in [1.807, 2.05) is 54.6 Å². The van der Waals surface area contributed by atoms with Crippen LogP contribution in [0.25, 0.3) is 0 Å². The van der Waals surface area contributed by atoms with E-state index < -0.39 is 0 Å². The monoisotopic (exact) mass is 417 g/mol. The van der Waals surface area contributed by atoms with E-state index in [9.17, 15) is 0 Å². The number of rotatable bonds is 9. The molecule has 0 amide bonds. The fraction of sp³-hybridized carbons (Fsp3) is 0.333. The summed E-state index contributed by atoms with van der Waals surface area (Å²) in [5, 5.41) is 3.54. The van der Waals surface area contributed by atoms with Gasteiger partial charge in [0.2, 0.25) is 0 Å². The standard InChI is InChI=1S/C27H31NO3/c1-4-11-22(12-5-1)19-29-25-17-10-18-28-27(31-21-24-15-8-3-9-16-24)26(25)30-20-23-13-6-2-7-14-23/h1-9,11-16,25-28H,10,17-21H2. The zero-order valence-corrected chi connectivity index (χ0v) is 17.9. The zero-order chi connectivity index (χ0) is 21.1. The number of hydrogen-bond acceptors (Lipinski definition) is 4. The van der Waals surface area contributed by atoms with Crippen molar-refractivity contribution in [2.75, 3.05) is 6.54 Å². The van der Waals surface area contributed by atoms with E-state index in [0.29, 0.717) is 19.8 Å². The first-order valence-electron chi connectivity index (χ1n) is 11.1. The van der Waals surface area contributed by atoms with Crippen LogP contribution in [0.15, 0.2) is 91.0 Å². The lowest BCUT2D eigenvalue weighted by atomic mass is 10.1. The lowest BCUT2D eigenvalue weighted by Gasteiger charge is -2.32. The highest BCUT2D eigenvalue weighted by molar-refractivity contribution is 5.15. The van der Waals surface area contributed by atoms with E-state index in [-0.39, 0.29) is 18.4 Å². The van der Waals surface area contributed by atoms with E-state index in [0.717, 1.165) is 30.5 Å². The molecule has 0 aromatic heterocycles. The third kappa shape index (κ3) is 6.74. The van der Waals surface area contributed by atoms with Crippen LogP contribution in [0.3, 0.4) is 0 Å². The van der Waals surface area contributed by atoms with Crippen LogP contribution in [0.5, 0.6) is 0 Å². The first-order valence-corrected chi connectivity index (χ1v) is 11.1. The van der Waals surface area contributed by atoms with Gasteiger partial charge in [0.25, 0.3) is 0 Å². The molecular formula is C27H31NO3. The van der Waals surface area contributed by atoms with Crippen LogP contribution in [0.1, 0.15) is 29.5 Å². The van der Waals surface area contributed by atoms with Crippen LogP contribution >= 0.6 is 0 Å². The van der Waals surface area contributed by atoms with Gasteiger partial charge >= 0.3 is 0 Å². The van der Waals surface area contributed by atoms with Crippen LogP contribution in [-0.2, 0) is 34.0 Å². The van der Waals surface area contributed by atoms with Gasteiger partial charge in [-0.1, -0.05) is 91.0 Å². The lowest BCUT2D eigenvalue weighted by molar-refractivity contribution is -0.155. The maximum atomic E-state index is 6.44.